The molecule has 0 fully saturated rings. The summed E-state index contributed by atoms with van der Waals surface area (Å²) in [7, 11) is 0. The van der Waals surface area contributed by atoms with E-state index in [4.69, 9.17) is 4.74 Å². The topological polar surface area (TPSA) is 61.7 Å². The number of hydrogen-bond donors (Lipinski definition) is 3. The molecule has 4 nitrogen and oxygen atoms in total. The van der Waals surface area contributed by atoms with E-state index in [2.05, 4.69) is 5.32 Å². The lowest BCUT2D eigenvalue weighted by molar-refractivity contribution is 0.282. The normalized spacial score (nSPS) is 10.3. The average molecular weight is 273 g/mol. The van der Waals surface area contributed by atoms with Gasteiger partial charge in [-0.2, -0.15) is 0 Å². The molecule has 0 radical (unpaired) electrons. The van der Waals surface area contributed by atoms with Crippen LogP contribution in [0.25, 0.3) is 0 Å². The van der Waals surface area contributed by atoms with Crippen LogP contribution in [-0.2, 0) is 13.2 Å². The number of benzene rings is 2. The van der Waals surface area contributed by atoms with E-state index in [1.165, 1.54) is 0 Å². The van der Waals surface area contributed by atoms with Crippen LogP contribution >= 0.6 is 0 Å². The van der Waals surface area contributed by atoms with Gasteiger partial charge in [0.15, 0.2) is 0 Å². The van der Waals surface area contributed by atoms with Gasteiger partial charge in [0.25, 0.3) is 0 Å². The summed E-state index contributed by atoms with van der Waals surface area (Å²) >= 11 is 0. The minimum absolute atomic E-state index is 0.0197. The van der Waals surface area contributed by atoms with Crippen molar-refractivity contribution in [1.82, 2.24) is 0 Å². The van der Waals surface area contributed by atoms with Gasteiger partial charge in [-0.25, -0.2) is 0 Å². The summed E-state index contributed by atoms with van der Waals surface area (Å²) in [4.78, 5) is 0. The van der Waals surface area contributed by atoms with Crippen LogP contribution in [0.3, 0.4) is 0 Å². The van der Waals surface area contributed by atoms with Crippen LogP contribution in [-0.4, -0.2) is 16.8 Å². The Morgan fingerprint density at radius 1 is 1.10 bits per heavy atom. The molecule has 0 aliphatic heterocycles. The van der Waals surface area contributed by atoms with Crippen LogP contribution in [0.2, 0.25) is 0 Å². The molecule has 0 saturated carbocycles. The van der Waals surface area contributed by atoms with Crippen molar-refractivity contribution in [3.8, 4) is 11.5 Å². The Morgan fingerprint density at radius 3 is 2.65 bits per heavy atom. The second-order valence-electron chi connectivity index (χ2n) is 4.39. The predicted octanol–water partition coefficient (Wildman–Crippen LogP) is 2.90. The van der Waals surface area contributed by atoms with Crippen LogP contribution in [0.4, 0.5) is 5.69 Å². The standard InChI is InChI=1S/C16H19NO3/c1-2-20-14-7-8-16(19)13(9-14)10-17-15-6-4-3-5-12(15)11-18/h3-9,17-19H,2,10-11H2,1H3. The molecule has 20 heavy (non-hydrogen) atoms. The molecule has 4 heteroatoms. The first-order chi connectivity index (χ1) is 9.74. The number of hydrogen-bond acceptors (Lipinski definition) is 4. The van der Waals surface area contributed by atoms with E-state index >= 15 is 0 Å². The summed E-state index contributed by atoms with van der Waals surface area (Å²) in [6.07, 6.45) is 0. The van der Waals surface area contributed by atoms with Gasteiger partial charge >= 0.3 is 0 Å². The third-order valence-corrected chi connectivity index (χ3v) is 3.02. The molecule has 0 saturated heterocycles. The smallest absolute Gasteiger partial charge is 0.120 e. The van der Waals surface area contributed by atoms with Crippen molar-refractivity contribution in [1.29, 1.82) is 0 Å². The third-order valence-electron chi connectivity index (χ3n) is 3.02. The van der Waals surface area contributed by atoms with Crippen molar-refractivity contribution in [3.63, 3.8) is 0 Å². The predicted molar refractivity (Wildman–Crippen MR) is 79.0 cm³/mol. The van der Waals surface area contributed by atoms with Gasteiger partial charge in [0.2, 0.25) is 0 Å². The summed E-state index contributed by atoms with van der Waals surface area (Å²) < 4.78 is 5.42. The Kier molecular flexibility index (Phi) is 4.85. The van der Waals surface area contributed by atoms with Crippen molar-refractivity contribution < 1.29 is 14.9 Å². The largest absolute Gasteiger partial charge is 0.508 e. The molecule has 2 aromatic carbocycles. The second kappa shape index (κ2) is 6.82. The number of phenolic OH excluding ortho intramolecular Hbond substituents is 1. The van der Waals surface area contributed by atoms with Crippen LogP contribution in [0, 0.1) is 0 Å². The number of anilines is 1. The Hall–Kier alpha value is -2.20. The maximum Gasteiger partial charge on any atom is 0.120 e. The maximum atomic E-state index is 9.86. The molecule has 0 heterocycles. The van der Waals surface area contributed by atoms with Crippen LogP contribution in [0.15, 0.2) is 42.5 Å². The fraction of sp³-hybridized carbons (Fsp3) is 0.250. The zero-order valence-electron chi connectivity index (χ0n) is 11.5. The first kappa shape index (κ1) is 14.2. The molecule has 0 aliphatic carbocycles. The lowest BCUT2D eigenvalue weighted by atomic mass is 10.1. The Labute approximate surface area is 118 Å². The van der Waals surface area contributed by atoms with Gasteiger partial charge in [0, 0.05) is 23.4 Å². The molecule has 0 aromatic heterocycles. The highest BCUT2D eigenvalue weighted by Gasteiger charge is 2.05. The van der Waals surface area contributed by atoms with E-state index in [1.54, 1.807) is 12.1 Å². The van der Waals surface area contributed by atoms with Gasteiger partial charge < -0.3 is 20.3 Å². The quantitative estimate of drug-likeness (QED) is 0.757. The van der Waals surface area contributed by atoms with Crippen molar-refractivity contribution in [2.24, 2.45) is 0 Å². The van der Waals surface area contributed by atoms with Crippen LogP contribution in [0.1, 0.15) is 18.1 Å². The van der Waals surface area contributed by atoms with Crippen molar-refractivity contribution >= 4 is 5.69 Å². The van der Waals surface area contributed by atoms with Crippen LogP contribution < -0.4 is 10.1 Å². The highest BCUT2D eigenvalue weighted by molar-refractivity contribution is 5.52. The first-order valence-electron chi connectivity index (χ1n) is 6.62. The van der Waals surface area contributed by atoms with Gasteiger partial charge in [0.1, 0.15) is 11.5 Å². The lowest BCUT2D eigenvalue weighted by Crippen LogP contribution is -2.03. The van der Waals surface area contributed by atoms with Crippen molar-refractivity contribution in [2.45, 2.75) is 20.1 Å². The zero-order valence-corrected chi connectivity index (χ0v) is 11.5. The Balaban J connectivity index is 2.12. The van der Waals surface area contributed by atoms with E-state index in [0.29, 0.717) is 13.2 Å². The molecule has 0 atom stereocenters. The molecule has 0 spiro atoms. The van der Waals surface area contributed by atoms with E-state index in [-0.39, 0.29) is 12.4 Å². The molecular formula is C16H19NO3. The Bertz CT molecular complexity index is 569. The number of ether oxygens (including phenoxy) is 1. The fourth-order valence-electron chi connectivity index (χ4n) is 1.98. The minimum atomic E-state index is -0.0197. The summed E-state index contributed by atoms with van der Waals surface area (Å²) in [6.45, 7) is 2.95. The third kappa shape index (κ3) is 3.42. The van der Waals surface area contributed by atoms with Gasteiger partial charge in [-0.15, -0.1) is 0 Å². The number of aliphatic hydroxyl groups is 1. The molecule has 2 rings (SSSR count). The second-order valence-corrected chi connectivity index (χ2v) is 4.39. The molecule has 0 unspecified atom stereocenters. The van der Waals surface area contributed by atoms with Gasteiger partial charge in [-0.1, -0.05) is 18.2 Å². The average Bonchev–Trinajstić information content (AvgIpc) is 2.48. The van der Waals surface area contributed by atoms with Gasteiger partial charge in [-0.3, -0.25) is 0 Å². The SMILES string of the molecule is CCOc1ccc(O)c(CNc2ccccc2CO)c1. The molecule has 0 bridgehead atoms. The van der Waals surface area contributed by atoms with Gasteiger partial charge in [-0.05, 0) is 31.2 Å². The van der Waals surface area contributed by atoms with Crippen LogP contribution in [0.5, 0.6) is 11.5 Å². The molecule has 106 valence electrons. The molecule has 0 aliphatic rings. The molecule has 0 amide bonds. The summed E-state index contributed by atoms with van der Waals surface area (Å²) in [5.41, 5.74) is 2.44. The number of para-hydroxylation sites is 1. The lowest BCUT2D eigenvalue weighted by Gasteiger charge is -2.12. The Morgan fingerprint density at radius 2 is 1.90 bits per heavy atom. The summed E-state index contributed by atoms with van der Waals surface area (Å²) in [5.74, 6) is 0.958. The summed E-state index contributed by atoms with van der Waals surface area (Å²) in [5, 5.41) is 22.4. The number of phenols is 1. The van der Waals surface area contributed by atoms with E-state index < -0.39 is 0 Å². The minimum Gasteiger partial charge on any atom is -0.508 e. The summed E-state index contributed by atoms with van der Waals surface area (Å²) in [6, 6.07) is 12.7. The number of nitrogens with one attached hydrogen (secondary N) is 1. The first-order valence-corrected chi connectivity index (χ1v) is 6.62. The highest BCUT2D eigenvalue weighted by atomic mass is 16.5. The number of aliphatic hydroxyl groups excluding tert-OH is 1. The van der Waals surface area contributed by atoms with E-state index in [1.807, 2.05) is 37.3 Å². The number of aromatic hydroxyl groups is 1. The van der Waals surface area contributed by atoms with E-state index in [9.17, 15) is 10.2 Å². The van der Waals surface area contributed by atoms with E-state index in [0.717, 1.165) is 22.6 Å². The van der Waals surface area contributed by atoms with Gasteiger partial charge in [0.05, 0.1) is 13.2 Å². The molecule has 3 N–H and O–H groups in total. The highest BCUT2D eigenvalue weighted by Crippen LogP contribution is 2.25. The monoisotopic (exact) mass is 273 g/mol. The maximum absolute atomic E-state index is 9.86. The molecular weight excluding hydrogens is 254 g/mol. The fourth-order valence-corrected chi connectivity index (χ4v) is 1.98. The van der Waals surface area contributed by atoms with Crippen molar-refractivity contribution in [3.05, 3.63) is 53.6 Å². The molecule has 2 aromatic rings. The zero-order chi connectivity index (χ0) is 14.4. The van der Waals surface area contributed by atoms with Crippen molar-refractivity contribution in [2.75, 3.05) is 11.9 Å². The number of rotatable bonds is 6.